The third-order valence-electron chi connectivity index (χ3n) is 4.40. The molecule has 0 radical (unpaired) electrons. The highest BCUT2D eigenvalue weighted by Gasteiger charge is 2.20. The molecule has 7 heteroatoms. The number of hydrogen-bond acceptors (Lipinski definition) is 4. The van der Waals surface area contributed by atoms with Gasteiger partial charge in [0.05, 0.1) is 30.5 Å². The number of rotatable bonds is 5. The van der Waals surface area contributed by atoms with Gasteiger partial charge in [-0.05, 0) is 23.8 Å². The van der Waals surface area contributed by atoms with Crippen molar-refractivity contribution >= 4 is 11.7 Å². The van der Waals surface area contributed by atoms with E-state index < -0.39 is 11.8 Å². The van der Waals surface area contributed by atoms with Gasteiger partial charge in [-0.15, -0.1) is 0 Å². The van der Waals surface area contributed by atoms with Gasteiger partial charge in [-0.2, -0.15) is 5.26 Å². The van der Waals surface area contributed by atoms with Crippen LogP contribution >= 0.6 is 0 Å². The SMILES string of the molecule is N#Cc1cc(F)ccc1NC(=O)N[C@H](CN1CCOCC1)c1ccccc1. The number of nitrogens with zero attached hydrogens (tertiary/aromatic N) is 2. The number of carbonyl (C=O) groups excluding carboxylic acids is 1. The van der Waals surface area contributed by atoms with Crippen LogP contribution in [-0.2, 0) is 4.74 Å². The van der Waals surface area contributed by atoms with Gasteiger partial charge in [-0.25, -0.2) is 9.18 Å². The van der Waals surface area contributed by atoms with Crippen molar-refractivity contribution in [3.63, 3.8) is 0 Å². The molecule has 140 valence electrons. The van der Waals surface area contributed by atoms with Crippen LogP contribution in [-0.4, -0.2) is 43.8 Å². The molecule has 1 saturated heterocycles. The third-order valence-corrected chi connectivity index (χ3v) is 4.40. The van der Waals surface area contributed by atoms with Gasteiger partial charge in [0.1, 0.15) is 11.9 Å². The molecule has 1 aliphatic rings. The van der Waals surface area contributed by atoms with Crippen LogP contribution in [0.4, 0.5) is 14.9 Å². The summed E-state index contributed by atoms with van der Waals surface area (Å²) in [5.41, 5.74) is 1.34. The standard InChI is InChI=1S/C20H21FN4O2/c21-17-6-7-18(16(12-17)13-22)23-20(26)24-19(15-4-2-1-3-5-15)14-25-8-10-27-11-9-25/h1-7,12,19H,8-11,14H2,(H2,23,24,26)/t19-/m1/s1. The summed E-state index contributed by atoms with van der Waals surface area (Å²) >= 11 is 0. The highest BCUT2D eigenvalue weighted by Crippen LogP contribution is 2.18. The lowest BCUT2D eigenvalue weighted by molar-refractivity contribution is 0.0340. The van der Waals surface area contributed by atoms with Crippen molar-refractivity contribution in [2.45, 2.75) is 6.04 Å². The van der Waals surface area contributed by atoms with Crippen LogP contribution in [0.3, 0.4) is 0 Å². The summed E-state index contributed by atoms with van der Waals surface area (Å²) in [5.74, 6) is -0.521. The van der Waals surface area contributed by atoms with Crippen LogP contribution < -0.4 is 10.6 Å². The molecule has 0 bridgehead atoms. The number of urea groups is 1. The minimum Gasteiger partial charge on any atom is -0.379 e. The van der Waals surface area contributed by atoms with E-state index in [2.05, 4.69) is 15.5 Å². The number of nitrogens with one attached hydrogen (secondary N) is 2. The van der Waals surface area contributed by atoms with E-state index in [4.69, 9.17) is 10.00 Å². The quantitative estimate of drug-likeness (QED) is 0.851. The van der Waals surface area contributed by atoms with Crippen molar-refractivity contribution in [2.24, 2.45) is 0 Å². The Bertz CT molecular complexity index is 816. The summed E-state index contributed by atoms with van der Waals surface area (Å²) in [6.07, 6.45) is 0. The van der Waals surface area contributed by atoms with Crippen molar-refractivity contribution in [3.8, 4) is 6.07 Å². The topological polar surface area (TPSA) is 77.4 Å². The van der Waals surface area contributed by atoms with Crippen molar-refractivity contribution in [1.29, 1.82) is 5.26 Å². The highest BCUT2D eigenvalue weighted by molar-refractivity contribution is 5.91. The monoisotopic (exact) mass is 368 g/mol. The first-order valence-electron chi connectivity index (χ1n) is 8.78. The largest absolute Gasteiger partial charge is 0.379 e. The van der Waals surface area contributed by atoms with E-state index in [9.17, 15) is 9.18 Å². The van der Waals surface area contributed by atoms with Crippen molar-refractivity contribution in [2.75, 3.05) is 38.2 Å². The second-order valence-electron chi connectivity index (χ2n) is 6.28. The first-order valence-corrected chi connectivity index (χ1v) is 8.78. The Labute approximate surface area is 157 Å². The lowest BCUT2D eigenvalue weighted by atomic mass is 10.1. The Morgan fingerprint density at radius 1 is 1.22 bits per heavy atom. The Morgan fingerprint density at radius 2 is 1.96 bits per heavy atom. The van der Waals surface area contributed by atoms with E-state index in [1.165, 1.54) is 12.1 Å². The van der Waals surface area contributed by atoms with Gasteiger partial charge < -0.3 is 15.4 Å². The van der Waals surface area contributed by atoms with E-state index in [-0.39, 0.29) is 17.3 Å². The number of halogens is 1. The van der Waals surface area contributed by atoms with Gasteiger partial charge >= 0.3 is 6.03 Å². The summed E-state index contributed by atoms with van der Waals surface area (Å²) in [5, 5.41) is 14.7. The van der Waals surface area contributed by atoms with Gasteiger partial charge in [0, 0.05) is 19.6 Å². The lowest BCUT2D eigenvalue weighted by Crippen LogP contribution is -2.44. The normalized spacial score (nSPS) is 15.6. The zero-order valence-corrected chi connectivity index (χ0v) is 14.8. The molecule has 27 heavy (non-hydrogen) atoms. The Hall–Kier alpha value is -2.95. The summed E-state index contributed by atoms with van der Waals surface area (Å²) in [6.45, 7) is 3.62. The molecule has 0 spiro atoms. The first kappa shape index (κ1) is 18.8. The predicted molar refractivity (Wildman–Crippen MR) is 99.7 cm³/mol. The van der Waals surface area contributed by atoms with Gasteiger partial charge in [-0.1, -0.05) is 30.3 Å². The van der Waals surface area contributed by atoms with Crippen LogP contribution in [0.2, 0.25) is 0 Å². The van der Waals surface area contributed by atoms with Gasteiger partial charge in [0.25, 0.3) is 0 Å². The molecule has 6 nitrogen and oxygen atoms in total. The second-order valence-corrected chi connectivity index (χ2v) is 6.28. The van der Waals surface area contributed by atoms with E-state index in [1.807, 2.05) is 36.4 Å². The summed E-state index contributed by atoms with van der Waals surface area (Å²) in [7, 11) is 0. The number of carbonyl (C=O) groups is 1. The number of amides is 2. The minimum atomic E-state index is -0.521. The smallest absolute Gasteiger partial charge is 0.319 e. The molecule has 1 atom stereocenters. The van der Waals surface area contributed by atoms with Crippen molar-refractivity contribution in [1.82, 2.24) is 10.2 Å². The summed E-state index contributed by atoms with van der Waals surface area (Å²) < 4.78 is 18.6. The molecule has 2 N–H and O–H groups in total. The molecule has 0 unspecified atom stereocenters. The summed E-state index contributed by atoms with van der Waals surface area (Å²) in [6, 6.07) is 14.6. The van der Waals surface area contributed by atoms with Crippen molar-refractivity contribution in [3.05, 3.63) is 65.5 Å². The lowest BCUT2D eigenvalue weighted by Gasteiger charge is -2.31. The van der Waals surface area contributed by atoms with Crippen molar-refractivity contribution < 1.29 is 13.9 Å². The minimum absolute atomic E-state index is 0.0783. The third kappa shape index (κ3) is 5.26. The molecule has 1 fully saturated rings. The number of hydrogen-bond donors (Lipinski definition) is 2. The fourth-order valence-electron chi connectivity index (χ4n) is 3.00. The van der Waals surface area contributed by atoms with E-state index in [1.54, 1.807) is 0 Å². The molecule has 0 saturated carbocycles. The fourth-order valence-corrected chi connectivity index (χ4v) is 3.00. The molecule has 2 amide bonds. The average Bonchev–Trinajstić information content (AvgIpc) is 2.70. The van der Waals surface area contributed by atoms with Crippen LogP contribution in [0.15, 0.2) is 48.5 Å². The second kappa shape index (κ2) is 9.12. The molecule has 3 rings (SSSR count). The van der Waals surface area contributed by atoms with Crippen LogP contribution in [0.1, 0.15) is 17.2 Å². The maximum Gasteiger partial charge on any atom is 0.319 e. The number of nitriles is 1. The predicted octanol–water partition coefficient (Wildman–Crippen LogP) is 2.89. The average molecular weight is 368 g/mol. The molecular weight excluding hydrogens is 347 g/mol. The van der Waals surface area contributed by atoms with Gasteiger partial charge in [0.2, 0.25) is 0 Å². The zero-order valence-electron chi connectivity index (χ0n) is 14.8. The van der Waals surface area contributed by atoms with Gasteiger partial charge in [0.15, 0.2) is 0 Å². The van der Waals surface area contributed by atoms with Crippen LogP contribution in [0.25, 0.3) is 0 Å². The molecule has 1 heterocycles. The Morgan fingerprint density at radius 3 is 2.67 bits per heavy atom. The highest BCUT2D eigenvalue weighted by atomic mass is 19.1. The summed E-state index contributed by atoms with van der Waals surface area (Å²) in [4.78, 5) is 14.8. The zero-order chi connectivity index (χ0) is 19.1. The number of morpholine rings is 1. The Kier molecular flexibility index (Phi) is 6.36. The number of anilines is 1. The molecule has 2 aromatic carbocycles. The van der Waals surface area contributed by atoms with E-state index in [0.717, 1.165) is 24.7 Å². The molecule has 2 aromatic rings. The molecular formula is C20H21FN4O2. The van der Waals surface area contributed by atoms with E-state index >= 15 is 0 Å². The maximum atomic E-state index is 13.3. The molecule has 1 aliphatic heterocycles. The number of ether oxygens (including phenoxy) is 1. The molecule has 0 aromatic heterocycles. The van der Waals surface area contributed by atoms with E-state index in [0.29, 0.717) is 19.8 Å². The maximum absolute atomic E-state index is 13.3. The van der Waals surface area contributed by atoms with Gasteiger partial charge in [-0.3, -0.25) is 4.90 Å². The Balaban J connectivity index is 1.71. The first-order chi connectivity index (χ1) is 13.2. The van der Waals surface area contributed by atoms with Crippen LogP contribution in [0.5, 0.6) is 0 Å². The number of benzene rings is 2. The van der Waals surface area contributed by atoms with Crippen LogP contribution in [0, 0.1) is 17.1 Å². The molecule has 0 aliphatic carbocycles. The fraction of sp³-hybridized carbons (Fsp3) is 0.300.